The molecule has 1 unspecified atom stereocenters. The second kappa shape index (κ2) is 5.90. The minimum absolute atomic E-state index is 0.184. The number of hydrogen-bond donors (Lipinski definition) is 1. The molecule has 0 aliphatic heterocycles. The van der Waals surface area contributed by atoms with Gasteiger partial charge >= 0.3 is 0 Å². The van der Waals surface area contributed by atoms with E-state index < -0.39 is 11.9 Å². The topological polar surface area (TPSA) is 29.5 Å². The molecule has 0 radical (unpaired) electrons. The van der Waals surface area contributed by atoms with Crippen LogP contribution in [0.2, 0.25) is 5.02 Å². The van der Waals surface area contributed by atoms with E-state index in [2.05, 4.69) is 15.9 Å². The number of aliphatic hydroxyl groups excluding tert-OH is 1. The zero-order chi connectivity index (χ0) is 14.0. The van der Waals surface area contributed by atoms with E-state index in [1.807, 2.05) is 0 Å². The number of benzene rings is 2. The highest BCUT2D eigenvalue weighted by Gasteiger charge is 2.19. The first-order valence-corrected chi connectivity index (χ1v) is 6.67. The SMILES string of the molecule is COc1ccc(C(O)c2c(F)cccc2Br)cc1Cl. The van der Waals surface area contributed by atoms with Gasteiger partial charge in [-0.1, -0.05) is 39.7 Å². The van der Waals surface area contributed by atoms with E-state index >= 15 is 0 Å². The van der Waals surface area contributed by atoms with E-state index in [1.165, 1.54) is 13.2 Å². The third-order valence-corrected chi connectivity index (χ3v) is 3.75. The number of aliphatic hydroxyl groups is 1. The van der Waals surface area contributed by atoms with Crippen LogP contribution in [-0.4, -0.2) is 12.2 Å². The van der Waals surface area contributed by atoms with Gasteiger partial charge in [0.15, 0.2) is 0 Å². The summed E-state index contributed by atoms with van der Waals surface area (Å²) >= 11 is 9.23. The summed E-state index contributed by atoms with van der Waals surface area (Å²) in [7, 11) is 1.50. The van der Waals surface area contributed by atoms with E-state index in [0.29, 0.717) is 20.8 Å². The minimum Gasteiger partial charge on any atom is -0.495 e. The molecule has 0 saturated heterocycles. The Kier molecular flexibility index (Phi) is 4.45. The van der Waals surface area contributed by atoms with Crippen LogP contribution in [-0.2, 0) is 0 Å². The molecule has 0 fully saturated rings. The van der Waals surface area contributed by atoms with Crippen LogP contribution in [0.4, 0.5) is 4.39 Å². The fraction of sp³-hybridized carbons (Fsp3) is 0.143. The molecule has 2 aromatic carbocycles. The van der Waals surface area contributed by atoms with Gasteiger partial charge in [-0.05, 0) is 29.8 Å². The van der Waals surface area contributed by atoms with Gasteiger partial charge < -0.3 is 9.84 Å². The van der Waals surface area contributed by atoms with Gasteiger partial charge in [-0.2, -0.15) is 0 Å². The Morgan fingerprint density at radius 3 is 2.63 bits per heavy atom. The lowest BCUT2D eigenvalue weighted by molar-refractivity contribution is 0.214. The quantitative estimate of drug-likeness (QED) is 0.897. The molecule has 0 bridgehead atoms. The number of rotatable bonds is 3. The highest BCUT2D eigenvalue weighted by Crippen LogP contribution is 2.34. The lowest BCUT2D eigenvalue weighted by atomic mass is 10.0. The van der Waals surface area contributed by atoms with Crippen LogP contribution < -0.4 is 4.74 Å². The van der Waals surface area contributed by atoms with E-state index in [1.54, 1.807) is 30.3 Å². The van der Waals surface area contributed by atoms with E-state index in [-0.39, 0.29) is 5.56 Å². The molecule has 1 atom stereocenters. The fourth-order valence-corrected chi connectivity index (χ4v) is 2.62. The maximum absolute atomic E-state index is 13.8. The van der Waals surface area contributed by atoms with Gasteiger partial charge in [0.1, 0.15) is 17.7 Å². The molecule has 2 rings (SSSR count). The van der Waals surface area contributed by atoms with Gasteiger partial charge in [0, 0.05) is 10.0 Å². The Morgan fingerprint density at radius 2 is 2.05 bits per heavy atom. The highest BCUT2D eigenvalue weighted by molar-refractivity contribution is 9.10. The molecule has 100 valence electrons. The molecule has 1 N–H and O–H groups in total. The van der Waals surface area contributed by atoms with Crippen LogP contribution in [0, 0.1) is 5.82 Å². The lowest BCUT2D eigenvalue weighted by Crippen LogP contribution is -2.04. The van der Waals surface area contributed by atoms with Crippen molar-refractivity contribution >= 4 is 27.5 Å². The van der Waals surface area contributed by atoms with Crippen LogP contribution >= 0.6 is 27.5 Å². The van der Waals surface area contributed by atoms with Gasteiger partial charge in [-0.15, -0.1) is 0 Å². The molecule has 5 heteroatoms. The zero-order valence-electron chi connectivity index (χ0n) is 10.0. The van der Waals surface area contributed by atoms with Crippen molar-refractivity contribution in [2.75, 3.05) is 7.11 Å². The Bertz CT molecular complexity index is 584. The number of hydrogen-bond acceptors (Lipinski definition) is 2. The number of methoxy groups -OCH3 is 1. The maximum atomic E-state index is 13.8. The average Bonchev–Trinajstić information content (AvgIpc) is 2.38. The Balaban J connectivity index is 2.44. The minimum atomic E-state index is -1.10. The van der Waals surface area contributed by atoms with Crippen LogP contribution in [0.25, 0.3) is 0 Å². The third-order valence-electron chi connectivity index (χ3n) is 2.76. The molecule has 0 saturated carbocycles. The monoisotopic (exact) mass is 344 g/mol. The third kappa shape index (κ3) is 2.91. The molecule has 0 aliphatic carbocycles. The molecular weight excluding hydrogens is 335 g/mol. The van der Waals surface area contributed by atoms with Crippen molar-refractivity contribution in [3.8, 4) is 5.75 Å². The van der Waals surface area contributed by atoms with Crippen molar-refractivity contribution in [1.82, 2.24) is 0 Å². The zero-order valence-corrected chi connectivity index (χ0v) is 12.4. The van der Waals surface area contributed by atoms with Crippen LogP contribution in [0.3, 0.4) is 0 Å². The summed E-state index contributed by atoms with van der Waals surface area (Å²) < 4.78 is 19.3. The van der Waals surface area contributed by atoms with Crippen molar-refractivity contribution in [3.05, 3.63) is 62.8 Å². The molecule has 0 spiro atoms. The second-order valence-electron chi connectivity index (χ2n) is 3.93. The first kappa shape index (κ1) is 14.3. The molecule has 19 heavy (non-hydrogen) atoms. The summed E-state index contributed by atoms with van der Waals surface area (Å²) in [6.45, 7) is 0. The van der Waals surface area contributed by atoms with E-state index in [0.717, 1.165) is 0 Å². The van der Waals surface area contributed by atoms with Gasteiger partial charge in [0.2, 0.25) is 0 Å². The maximum Gasteiger partial charge on any atom is 0.137 e. The standard InChI is InChI=1S/C14H11BrClFO2/c1-19-12-6-5-8(7-10(12)16)14(18)13-9(15)3-2-4-11(13)17/h2-7,14,18H,1H3. The number of halogens is 3. The first-order valence-electron chi connectivity index (χ1n) is 5.50. The summed E-state index contributed by atoms with van der Waals surface area (Å²) in [6.07, 6.45) is -1.10. The summed E-state index contributed by atoms with van der Waals surface area (Å²) in [5.74, 6) is 0.0269. The van der Waals surface area contributed by atoms with Gasteiger partial charge in [0.05, 0.1) is 12.1 Å². The Morgan fingerprint density at radius 1 is 1.32 bits per heavy atom. The predicted molar refractivity (Wildman–Crippen MR) is 76.2 cm³/mol. The van der Waals surface area contributed by atoms with Gasteiger partial charge in [-0.3, -0.25) is 0 Å². The normalized spacial score (nSPS) is 12.3. The van der Waals surface area contributed by atoms with Crippen molar-refractivity contribution in [2.24, 2.45) is 0 Å². The molecule has 0 amide bonds. The highest BCUT2D eigenvalue weighted by atomic mass is 79.9. The Hall–Kier alpha value is -1.10. The van der Waals surface area contributed by atoms with Gasteiger partial charge in [0.25, 0.3) is 0 Å². The van der Waals surface area contributed by atoms with Crippen LogP contribution in [0.5, 0.6) is 5.75 Å². The lowest BCUT2D eigenvalue weighted by Gasteiger charge is -2.15. The van der Waals surface area contributed by atoms with Crippen LogP contribution in [0.15, 0.2) is 40.9 Å². The van der Waals surface area contributed by atoms with Crippen molar-refractivity contribution in [1.29, 1.82) is 0 Å². The molecule has 0 heterocycles. The van der Waals surface area contributed by atoms with Crippen LogP contribution in [0.1, 0.15) is 17.2 Å². The molecule has 2 nitrogen and oxygen atoms in total. The smallest absolute Gasteiger partial charge is 0.137 e. The van der Waals surface area contributed by atoms with Crippen molar-refractivity contribution in [2.45, 2.75) is 6.10 Å². The molecule has 2 aromatic rings. The summed E-state index contributed by atoms with van der Waals surface area (Å²) in [6, 6.07) is 9.38. The molecule has 0 aliphatic rings. The van der Waals surface area contributed by atoms with Crippen molar-refractivity contribution < 1.29 is 14.2 Å². The summed E-state index contributed by atoms with van der Waals surface area (Å²) in [5.41, 5.74) is 0.681. The summed E-state index contributed by atoms with van der Waals surface area (Å²) in [4.78, 5) is 0. The average molecular weight is 346 g/mol. The van der Waals surface area contributed by atoms with E-state index in [9.17, 15) is 9.50 Å². The fourth-order valence-electron chi connectivity index (χ4n) is 1.79. The molecular formula is C14H11BrClFO2. The van der Waals surface area contributed by atoms with Gasteiger partial charge in [-0.25, -0.2) is 4.39 Å². The Labute approximate surface area is 123 Å². The largest absolute Gasteiger partial charge is 0.495 e. The number of ether oxygens (including phenoxy) is 1. The molecule has 0 aromatic heterocycles. The predicted octanol–water partition coefficient (Wildman–Crippen LogP) is 4.33. The van der Waals surface area contributed by atoms with Crippen molar-refractivity contribution in [3.63, 3.8) is 0 Å². The second-order valence-corrected chi connectivity index (χ2v) is 5.19. The van der Waals surface area contributed by atoms with E-state index in [4.69, 9.17) is 16.3 Å². The summed E-state index contributed by atoms with van der Waals surface area (Å²) in [5, 5.41) is 10.6. The first-order chi connectivity index (χ1) is 9.04.